The lowest BCUT2D eigenvalue weighted by atomic mass is 10.1. The Balaban J connectivity index is 1.51. The first-order valence-electron chi connectivity index (χ1n) is 6.07. The second-order valence-electron chi connectivity index (χ2n) is 4.41. The average molecular weight is 240 g/mol. The van der Waals surface area contributed by atoms with E-state index in [1.54, 1.807) is 11.8 Å². The van der Waals surface area contributed by atoms with Crippen molar-refractivity contribution in [3.8, 4) is 0 Å². The number of aryl methyl sites for hydroxylation is 1. The van der Waals surface area contributed by atoms with Gasteiger partial charge in [-0.15, -0.1) is 5.10 Å². The van der Waals surface area contributed by atoms with Crippen LogP contribution in [0.4, 0.5) is 0 Å². The van der Waals surface area contributed by atoms with Crippen molar-refractivity contribution in [2.45, 2.75) is 37.8 Å². The number of nitrogens with zero attached hydrogens (tertiary/aromatic N) is 2. The molecule has 2 N–H and O–H groups in total. The minimum Gasteiger partial charge on any atom is -0.316 e. The molecule has 1 saturated carbocycles. The number of rotatable bonds is 6. The second kappa shape index (κ2) is 6.25. The lowest BCUT2D eigenvalue weighted by Crippen LogP contribution is -2.23. The fourth-order valence-corrected chi connectivity index (χ4v) is 2.86. The zero-order valence-electron chi connectivity index (χ0n) is 9.83. The lowest BCUT2D eigenvalue weighted by molar-refractivity contribution is 0.500. The van der Waals surface area contributed by atoms with Gasteiger partial charge in [0.1, 0.15) is 5.82 Å². The van der Waals surface area contributed by atoms with Crippen LogP contribution in [-0.4, -0.2) is 34.0 Å². The zero-order chi connectivity index (χ0) is 11.2. The van der Waals surface area contributed by atoms with Gasteiger partial charge in [-0.1, -0.05) is 24.6 Å². The van der Waals surface area contributed by atoms with Crippen molar-refractivity contribution in [3.63, 3.8) is 0 Å². The molecule has 1 aliphatic carbocycles. The van der Waals surface area contributed by atoms with E-state index >= 15 is 0 Å². The topological polar surface area (TPSA) is 53.6 Å². The number of nitrogens with one attached hydrogen (secondary N) is 2. The molecule has 0 spiro atoms. The SMILES string of the molecule is Cc1nc(SCCNCC2CCCC2)n[nH]1. The molecule has 2 rings (SSSR count). The van der Waals surface area contributed by atoms with Gasteiger partial charge in [0.25, 0.3) is 0 Å². The molecule has 5 heteroatoms. The molecule has 1 heterocycles. The molecular weight excluding hydrogens is 220 g/mol. The van der Waals surface area contributed by atoms with Crippen LogP contribution in [0.2, 0.25) is 0 Å². The van der Waals surface area contributed by atoms with Gasteiger partial charge in [0, 0.05) is 12.3 Å². The number of thioether (sulfide) groups is 1. The summed E-state index contributed by atoms with van der Waals surface area (Å²) in [6.45, 7) is 4.16. The van der Waals surface area contributed by atoms with Crippen molar-refractivity contribution in [3.05, 3.63) is 5.82 Å². The average Bonchev–Trinajstić information content (AvgIpc) is 2.89. The Kier molecular flexibility index (Phi) is 4.66. The molecule has 0 amide bonds. The summed E-state index contributed by atoms with van der Waals surface area (Å²) in [5.41, 5.74) is 0. The second-order valence-corrected chi connectivity index (χ2v) is 5.47. The summed E-state index contributed by atoms with van der Waals surface area (Å²) < 4.78 is 0. The molecular formula is C11H20N4S. The Bertz CT molecular complexity index is 307. The van der Waals surface area contributed by atoms with Gasteiger partial charge in [0.2, 0.25) is 5.16 Å². The van der Waals surface area contributed by atoms with E-state index in [4.69, 9.17) is 0 Å². The number of aromatic nitrogens is 3. The summed E-state index contributed by atoms with van der Waals surface area (Å²) >= 11 is 1.71. The van der Waals surface area contributed by atoms with E-state index in [1.165, 1.54) is 32.2 Å². The molecule has 0 bridgehead atoms. The molecule has 1 fully saturated rings. The van der Waals surface area contributed by atoms with Crippen LogP contribution in [0.15, 0.2) is 5.16 Å². The highest BCUT2D eigenvalue weighted by Crippen LogP contribution is 2.23. The number of H-pyrrole nitrogens is 1. The lowest BCUT2D eigenvalue weighted by Gasteiger charge is -2.09. The Labute approximate surface area is 101 Å². The molecule has 1 aromatic rings. The zero-order valence-corrected chi connectivity index (χ0v) is 10.6. The summed E-state index contributed by atoms with van der Waals surface area (Å²) in [4.78, 5) is 4.25. The highest BCUT2D eigenvalue weighted by atomic mass is 32.2. The Hall–Kier alpha value is -0.550. The standard InChI is InChI=1S/C11H20N4S/c1-9-13-11(15-14-9)16-7-6-12-8-10-4-2-3-5-10/h10,12H,2-8H2,1H3,(H,13,14,15). The Morgan fingerprint density at radius 1 is 1.44 bits per heavy atom. The van der Waals surface area contributed by atoms with Crippen molar-refractivity contribution < 1.29 is 0 Å². The minimum absolute atomic E-state index is 0.861. The molecule has 1 aliphatic rings. The summed E-state index contributed by atoms with van der Waals surface area (Å²) in [7, 11) is 0. The van der Waals surface area contributed by atoms with Crippen LogP contribution in [0, 0.1) is 12.8 Å². The third kappa shape index (κ3) is 3.79. The highest BCUT2D eigenvalue weighted by molar-refractivity contribution is 7.99. The first-order chi connectivity index (χ1) is 7.84. The fraction of sp³-hybridized carbons (Fsp3) is 0.818. The van der Waals surface area contributed by atoms with Crippen LogP contribution in [0.1, 0.15) is 31.5 Å². The summed E-state index contributed by atoms with van der Waals surface area (Å²) in [6, 6.07) is 0. The van der Waals surface area contributed by atoms with Crippen molar-refractivity contribution in [2.24, 2.45) is 5.92 Å². The van der Waals surface area contributed by atoms with Gasteiger partial charge in [-0.3, -0.25) is 5.10 Å². The first-order valence-corrected chi connectivity index (χ1v) is 7.05. The van der Waals surface area contributed by atoms with Crippen LogP contribution in [-0.2, 0) is 0 Å². The number of hydrogen-bond donors (Lipinski definition) is 2. The maximum absolute atomic E-state index is 4.25. The molecule has 16 heavy (non-hydrogen) atoms. The highest BCUT2D eigenvalue weighted by Gasteiger charge is 2.13. The van der Waals surface area contributed by atoms with E-state index in [0.717, 1.165) is 29.2 Å². The quantitative estimate of drug-likeness (QED) is 0.590. The fourth-order valence-electron chi connectivity index (χ4n) is 2.12. The Morgan fingerprint density at radius 3 is 2.94 bits per heavy atom. The van der Waals surface area contributed by atoms with Crippen LogP contribution in [0.25, 0.3) is 0 Å². The van der Waals surface area contributed by atoms with E-state index < -0.39 is 0 Å². The predicted molar refractivity (Wildman–Crippen MR) is 66.7 cm³/mol. The molecule has 90 valence electrons. The normalized spacial score (nSPS) is 17.1. The molecule has 1 aromatic heterocycles. The van der Waals surface area contributed by atoms with Crippen LogP contribution in [0.5, 0.6) is 0 Å². The number of aromatic amines is 1. The largest absolute Gasteiger partial charge is 0.316 e. The van der Waals surface area contributed by atoms with Crippen LogP contribution >= 0.6 is 11.8 Å². The van der Waals surface area contributed by atoms with Crippen molar-refractivity contribution in [1.29, 1.82) is 0 Å². The summed E-state index contributed by atoms with van der Waals surface area (Å²) in [6.07, 6.45) is 5.69. The summed E-state index contributed by atoms with van der Waals surface area (Å²) in [5.74, 6) is 2.86. The van der Waals surface area contributed by atoms with Gasteiger partial charge in [0.05, 0.1) is 0 Å². The molecule has 0 unspecified atom stereocenters. The predicted octanol–water partition coefficient (Wildman–Crippen LogP) is 1.99. The van der Waals surface area contributed by atoms with Gasteiger partial charge in [0.15, 0.2) is 0 Å². The minimum atomic E-state index is 0.861. The van der Waals surface area contributed by atoms with Gasteiger partial charge in [-0.2, -0.15) is 0 Å². The van der Waals surface area contributed by atoms with Gasteiger partial charge < -0.3 is 5.32 Å². The van der Waals surface area contributed by atoms with E-state index in [-0.39, 0.29) is 0 Å². The molecule has 0 saturated heterocycles. The third-order valence-corrected chi connectivity index (χ3v) is 3.84. The third-order valence-electron chi connectivity index (χ3n) is 2.99. The van der Waals surface area contributed by atoms with Gasteiger partial charge >= 0.3 is 0 Å². The molecule has 0 aliphatic heterocycles. The molecule has 4 nitrogen and oxygen atoms in total. The van der Waals surface area contributed by atoms with Gasteiger partial charge in [-0.05, 0) is 32.2 Å². The smallest absolute Gasteiger partial charge is 0.208 e. The van der Waals surface area contributed by atoms with E-state index in [1.807, 2.05) is 6.92 Å². The van der Waals surface area contributed by atoms with Gasteiger partial charge in [-0.25, -0.2) is 4.98 Å². The van der Waals surface area contributed by atoms with Crippen LogP contribution in [0.3, 0.4) is 0 Å². The van der Waals surface area contributed by atoms with Crippen LogP contribution < -0.4 is 5.32 Å². The van der Waals surface area contributed by atoms with E-state index in [2.05, 4.69) is 20.5 Å². The van der Waals surface area contributed by atoms with E-state index in [9.17, 15) is 0 Å². The van der Waals surface area contributed by atoms with Crippen molar-refractivity contribution in [1.82, 2.24) is 20.5 Å². The maximum Gasteiger partial charge on any atom is 0.208 e. The monoisotopic (exact) mass is 240 g/mol. The maximum atomic E-state index is 4.25. The van der Waals surface area contributed by atoms with Crippen molar-refractivity contribution in [2.75, 3.05) is 18.8 Å². The molecule has 0 radical (unpaired) electrons. The van der Waals surface area contributed by atoms with E-state index in [0.29, 0.717) is 0 Å². The summed E-state index contributed by atoms with van der Waals surface area (Å²) in [5, 5.41) is 11.3. The first kappa shape index (κ1) is 11.9. The molecule has 0 aromatic carbocycles. The number of hydrogen-bond acceptors (Lipinski definition) is 4. The van der Waals surface area contributed by atoms with Crippen molar-refractivity contribution >= 4 is 11.8 Å². The Morgan fingerprint density at radius 2 is 2.25 bits per heavy atom. The molecule has 0 atom stereocenters.